The number of ether oxygens (including phenoxy) is 1. The predicted molar refractivity (Wildman–Crippen MR) is 98.5 cm³/mol. The third kappa shape index (κ3) is 3.37. The lowest BCUT2D eigenvalue weighted by Gasteiger charge is -2.24. The fourth-order valence-electron chi connectivity index (χ4n) is 3.69. The van der Waals surface area contributed by atoms with Crippen molar-refractivity contribution in [2.24, 2.45) is 5.73 Å². The Morgan fingerprint density at radius 1 is 1.30 bits per heavy atom. The zero-order chi connectivity index (χ0) is 19.0. The summed E-state index contributed by atoms with van der Waals surface area (Å²) in [6, 6.07) is 4.69. The Morgan fingerprint density at radius 3 is 2.81 bits per heavy atom. The van der Waals surface area contributed by atoms with Gasteiger partial charge in [-0.25, -0.2) is 4.98 Å². The molecule has 9 nitrogen and oxygen atoms in total. The molecule has 2 amide bonds. The van der Waals surface area contributed by atoms with E-state index >= 15 is 0 Å². The Labute approximate surface area is 155 Å². The highest BCUT2D eigenvalue weighted by Gasteiger charge is 2.26. The SMILES string of the molecule is NC(=O)C(CCOc1ccc2nc3n(c(=O)c2c1)CC(=O)N3)N1CCCC1. The summed E-state index contributed by atoms with van der Waals surface area (Å²) in [5.41, 5.74) is 5.74. The van der Waals surface area contributed by atoms with E-state index in [1.807, 2.05) is 0 Å². The van der Waals surface area contributed by atoms with Crippen molar-refractivity contribution in [3.05, 3.63) is 28.6 Å². The molecular formula is C18H21N5O4. The minimum atomic E-state index is -0.339. The lowest BCUT2D eigenvalue weighted by molar-refractivity contribution is -0.123. The summed E-state index contributed by atoms with van der Waals surface area (Å²) in [6.45, 7) is 2.04. The number of fused-ring (bicyclic) bond motifs is 2. The van der Waals surface area contributed by atoms with Crippen molar-refractivity contribution >= 4 is 28.7 Å². The molecule has 9 heteroatoms. The molecule has 3 N–H and O–H groups in total. The Balaban J connectivity index is 1.49. The number of rotatable bonds is 6. The van der Waals surface area contributed by atoms with Gasteiger partial charge in [0.25, 0.3) is 5.56 Å². The number of nitrogens with one attached hydrogen (secondary N) is 1. The maximum atomic E-state index is 12.6. The largest absolute Gasteiger partial charge is 0.493 e. The molecule has 2 aliphatic rings. The Morgan fingerprint density at radius 2 is 2.07 bits per heavy atom. The molecule has 0 bridgehead atoms. The summed E-state index contributed by atoms with van der Waals surface area (Å²) in [6.07, 6.45) is 2.65. The van der Waals surface area contributed by atoms with Crippen LogP contribution in [0.25, 0.3) is 10.9 Å². The highest BCUT2D eigenvalue weighted by atomic mass is 16.5. The van der Waals surface area contributed by atoms with Gasteiger partial charge in [-0.05, 0) is 44.1 Å². The molecule has 4 rings (SSSR count). The number of amides is 2. The van der Waals surface area contributed by atoms with Crippen molar-refractivity contribution in [1.29, 1.82) is 0 Å². The van der Waals surface area contributed by atoms with Crippen molar-refractivity contribution in [2.75, 3.05) is 25.0 Å². The number of carbonyl (C=O) groups excluding carboxylic acids is 2. The smallest absolute Gasteiger partial charge is 0.263 e. The first-order valence-corrected chi connectivity index (χ1v) is 9.03. The second kappa shape index (κ2) is 6.99. The molecule has 2 aliphatic heterocycles. The minimum Gasteiger partial charge on any atom is -0.493 e. The molecule has 3 heterocycles. The van der Waals surface area contributed by atoms with Crippen molar-refractivity contribution in [2.45, 2.75) is 31.8 Å². The Bertz CT molecular complexity index is 964. The molecule has 0 aliphatic carbocycles. The van der Waals surface area contributed by atoms with E-state index in [1.54, 1.807) is 18.2 Å². The topological polar surface area (TPSA) is 120 Å². The average molecular weight is 371 g/mol. The molecular weight excluding hydrogens is 350 g/mol. The number of primary amides is 1. The van der Waals surface area contributed by atoms with Crippen LogP contribution in [0, 0.1) is 0 Å². The number of likely N-dealkylation sites (tertiary alicyclic amines) is 1. The Hall–Kier alpha value is -2.94. The molecule has 1 aromatic carbocycles. The molecule has 0 saturated carbocycles. The van der Waals surface area contributed by atoms with E-state index in [0.29, 0.717) is 29.7 Å². The summed E-state index contributed by atoms with van der Waals surface area (Å²) in [4.78, 5) is 42.2. The van der Waals surface area contributed by atoms with Gasteiger partial charge in [0.15, 0.2) is 0 Å². The van der Waals surface area contributed by atoms with Crippen molar-refractivity contribution in [3.8, 4) is 5.75 Å². The van der Waals surface area contributed by atoms with Gasteiger partial charge in [0.05, 0.1) is 23.6 Å². The van der Waals surface area contributed by atoms with Crippen LogP contribution in [-0.4, -0.2) is 52.0 Å². The molecule has 1 aromatic heterocycles. The normalized spacial score (nSPS) is 17.7. The quantitative estimate of drug-likeness (QED) is 0.741. The summed E-state index contributed by atoms with van der Waals surface area (Å²) in [5, 5.41) is 2.95. The van der Waals surface area contributed by atoms with Crippen molar-refractivity contribution in [1.82, 2.24) is 14.5 Å². The van der Waals surface area contributed by atoms with Gasteiger partial charge >= 0.3 is 0 Å². The zero-order valence-electron chi connectivity index (χ0n) is 14.8. The van der Waals surface area contributed by atoms with Crippen LogP contribution in [0.1, 0.15) is 19.3 Å². The number of carbonyl (C=O) groups is 2. The second-order valence-electron chi connectivity index (χ2n) is 6.85. The van der Waals surface area contributed by atoms with Gasteiger partial charge < -0.3 is 10.5 Å². The third-order valence-corrected chi connectivity index (χ3v) is 5.05. The highest BCUT2D eigenvalue weighted by molar-refractivity contribution is 5.94. The number of nitrogens with zero attached hydrogens (tertiary/aromatic N) is 3. The van der Waals surface area contributed by atoms with Crippen LogP contribution in [0.5, 0.6) is 5.75 Å². The average Bonchev–Trinajstić information content (AvgIpc) is 3.28. The van der Waals surface area contributed by atoms with Crippen LogP contribution in [-0.2, 0) is 16.1 Å². The van der Waals surface area contributed by atoms with Gasteiger partial charge in [-0.1, -0.05) is 0 Å². The fraction of sp³-hybridized carbons (Fsp3) is 0.444. The molecule has 1 atom stereocenters. The lowest BCUT2D eigenvalue weighted by atomic mass is 10.2. The Kier molecular flexibility index (Phi) is 4.53. The van der Waals surface area contributed by atoms with E-state index in [1.165, 1.54) is 4.57 Å². The summed E-state index contributed by atoms with van der Waals surface area (Å²) in [7, 11) is 0. The van der Waals surface area contributed by atoms with Crippen LogP contribution < -0.4 is 21.3 Å². The summed E-state index contributed by atoms with van der Waals surface area (Å²) < 4.78 is 7.07. The van der Waals surface area contributed by atoms with Gasteiger partial charge in [-0.3, -0.25) is 29.2 Å². The summed E-state index contributed by atoms with van der Waals surface area (Å²) >= 11 is 0. The van der Waals surface area contributed by atoms with Crippen molar-refractivity contribution < 1.29 is 14.3 Å². The maximum Gasteiger partial charge on any atom is 0.263 e. The predicted octanol–water partition coefficient (Wildman–Crippen LogP) is 0.0672. The van der Waals surface area contributed by atoms with Gasteiger partial charge in [0, 0.05) is 6.42 Å². The minimum absolute atomic E-state index is 0.0294. The second-order valence-corrected chi connectivity index (χ2v) is 6.85. The van der Waals surface area contributed by atoms with E-state index in [9.17, 15) is 14.4 Å². The van der Waals surface area contributed by atoms with Gasteiger partial charge in [-0.2, -0.15) is 0 Å². The van der Waals surface area contributed by atoms with Crippen LogP contribution in [0.15, 0.2) is 23.0 Å². The van der Waals surface area contributed by atoms with Crippen molar-refractivity contribution in [3.63, 3.8) is 0 Å². The zero-order valence-corrected chi connectivity index (χ0v) is 14.8. The number of benzene rings is 1. The molecule has 0 spiro atoms. The number of anilines is 1. The monoisotopic (exact) mass is 371 g/mol. The number of hydrogen-bond acceptors (Lipinski definition) is 6. The van der Waals surface area contributed by atoms with E-state index in [-0.39, 0.29) is 35.9 Å². The molecule has 1 saturated heterocycles. The lowest BCUT2D eigenvalue weighted by Crippen LogP contribution is -2.44. The molecule has 27 heavy (non-hydrogen) atoms. The van der Waals surface area contributed by atoms with Crippen LogP contribution in [0.4, 0.5) is 5.95 Å². The van der Waals surface area contributed by atoms with E-state index in [0.717, 1.165) is 25.9 Å². The fourth-order valence-corrected chi connectivity index (χ4v) is 3.69. The maximum absolute atomic E-state index is 12.6. The first-order chi connectivity index (χ1) is 13.0. The van der Waals surface area contributed by atoms with Crippen LogP contribution in [0.2, 0.25) is 0 Å². The summed E-state index contributed by atoms with van der Waals surface area (Å²) in [5.74, 6) is 0.185. The number of hydrogen-bond donors (Lipinski definition) is 2. The van der Waals surface area contributed by atoms with Crippen LogP contribution >= 0.6 is 0 Å². The number of nitrogens with two attached hydrogens (primary N) is 1. The standard InChI is InChI=1S/C18H21N5O4/c19-16(25)14(22-6-1-2-7-22)5-8-27-11-3-4-13-12(9-11)17(26)23-10-15(24)21-18(23)20-13/h3-4,9,14H,1-2,5-8,10H2,(H2,19,25)(H,20,21,24). The van der Waals surface area contributed by atoms with Crippen LogP contribution in [0.3, 0.4) is 0 Å². The van der Waals surface area contributed by atoms with Gasteiger partial charge in [0.2, 0.25) is 17.8 Å². The van der Waals surface area contributed by atoms with E-state index in [2.05, 4.69) is 15.2 Å². The van der Waals surface area contributed by atoms with E-state index in [4.69, 9.17) is 10.5 Å². The molecule has 1 fully saturated rings. The van der Waals surface area contributed by atoms with Gasteiger partial charge in [-0.15, -0.1) is 0 Å². The molecule has 1 unspecified atom stereocenters. The third-order valence-electron chi connectivity index (χ3n) is 5.05. The highest BCUT2D eigenvalue weighted by Crippen LogP contribution is 2.21. The molecule has 0 radical (unpaired) electrons. The molecule has 2 aromatic rings. The molecule has 142 valence electrons. The first-order valence-electron chi connectivity index (χ1n) is 9.03. The number of aromatic nitrogens is 2. The first kappa shape index (κ1) is 17.5. The van der Waals surface area contributed by atoms with E-state index < -0.39 is 0 Å². The van der Waals surface area contributed by atoms with Gasteiger partial charge in [0.1, 0.15) is 12.3 Å².